The van der Waals surface area contributed by atoms with Gasteiger partial charge in [0.15, 0.2) is 12.6 Å². The van der Waals surface area contributed by atoms with Gasteiger partial charge in [-0.1, -0.05) is 19.1 Å². The first kappa shape index (κ1) is 20.7. The number of hydrogen-bond acceptors (Lipinski definition) is 3. The minimum Gasteiger partial charge on any atom is -0.351 e. The Balaban J connectivity index is 1.81. The average molecular weight is 381 g/mol. The van der Waals surface area contributed by atoms with Crippen LogP contribution in [0.4, 0.5) is 5.69 Å². The second-order valence-electron chi connectivity index (χ2n) is 6.85. The SMILES string of the molecule is CCCNC(=O)C[NH+]1CC[NH+]([C@H](C)C(=O)Nc2ccccc2SC)CC1. The molecule has 7 heteroatoms. The molecule has 0 bridgehead atoms. The standard InChI is InChI=1S/C19H30N4O2S/c1-4-9-20-18(24)14-22-10-12-23(13-11-22)15(2)19(25)21-16-7-5-6-8-17(16)26-3/h5-8,15H,4,9-14H2,1-3H3,(H,20,24)(H,21,25)/p+2/t15-/m1/s1. The van der Waals surface area contributed by atoms with Gasteiger partial charge in [0.05, 0.1) is 5.69 Å². The quantitative estimate of drug-likeness (QED) is 0.440. The van der Waals surface area contributed by atoms with Crippen molar-refractivity contribution in [3.8, 4) is 0 Å². The van der Waals surface area contributed by atoms with Crippen molar-refractivity contribution in [2.45, 2.75) is 31.2 Å². The van der Waals surface area contributed by atoms with E-state index in [4.69, 9.17) is 0 Å². The average Bonchev–Trinajstić information content (AvgIpc) is 2.66. The molecular formula is C19H32N4O2S+2. The first-order chi connectivity index (χ1) is 12.5. The molecule has 26 heavy (non-hydrogen) atoms. The van der Waals surface area contributed by atoms with Gasteiger partial charge in [-0.25, -0.2) is 0 Å². The largest absolute Gasteiger partial charge is 0.351 e. The number of amides is 2. The molecule has 1 aliphatic heterocycles. The minimum absolute atomic E-state index is 0.0608. The van der Waals surface area contributed by atoms with Gasteiger partial charge in [0.25, 0.3) is 11.8 Å². The highest BCUT2D eigenvalue weighted by molar-refractivity contribution is 7.98. The van der Waals surface area contributed by atoms with Crippen LogP contribution >= 0.6 is 11.8 Å². The third-order valence-corrected chi connectivity index (χ3v) is 5.75. The lowest BCUT2D eigenvalue weighted by molar-refractivity contribution is -1.01. The number of thioether (sulfide) groups is 1. The second kappa shape index (κ2) is 10.5. The predicted octanol–water partition coefficient (Wildman–Crippen LogP) is -0.955. The van der Waals surface area contributed by atoms with Gasteiger partial charge in [0.1, 0.15) is 26.2 Å². The van der Waals surface area contributed by atoms with Crippen LogP contribution in [0.3, 0.4) is 0 Å². The summed E-state index contributed by atoms with van der Waals surface area (Å²) < 4.78 is 0. The van der Waals surface area contributed by atoms with Crippen molar-refractivity contribution >= 4 is 29.3 Å². The van der Waals surface area contributed by atoms with E-state index in [1.54, 1.807) is 11.8 Å². The van der Waals surface area contributed by atoms with E-state index >= 15 is 0 Å². The van der Waals surface area contributed by atoms with Crippen LogP contribution in [0.15, 0.2) is 29.2 Å². The Kier molecular flexibility index (Phi) is 8.41. The zero-order valence-corrected chi connectivity index (χ0v) is 16.9. The van der Waals surface area contributed by atoms with Crippen molar-refractivity contribution in [1.82, 2.24) is 5.32 Å². The lowest BCUT2D eigenvalue weighted by Gasteiger charge is -2.32. The summed E-state index contributed by atoms with van der Waals surface area (Å²) in [7, 11) is 0. The molecule has 1 atom stereocenters. The topological polar surface area (TPSA) is 67.1 Å². The lowest BCUT2D eigenvalue weighted by Crippen LogP contribution is -3.30. The highest BCUT2D eigenvalue weighted by Crippen LogP contribution is 2.24. The maximum absolute atomic E-state index is 12.6. The number of anilines is 1. The summed E-state index contributed by atoms with van der Waals surface area (Å²) in [5.41, 5.74) is 0.883. The maximum Gasteiger partial charge on any atom is 0.282 e. The van der Waals surface area contributed by atoms with Gasteiger partial charge < -0.3 is 20.4 Å². The summed E-state index contributed by atoms with van der Waals surface area (Å²) in [5, 5.41) is 6.01. The molecule has 1 aromatic rings. The second-order valence-corrected chi connectivity index (χ2v) is 7.69. The summed E-state index contributed by atoms with van der Waals surface area (Å²) in [5.74, 6) is 0.190. The fourth-order valence-electron chi connectivity index (χ4n) is 3.26. The van der Waals surface area contributed by atoms with E-state index in [1.807, 2.05) is 37.4 Å². The number of carbonyl (C=O) groups is 2. The van der Waals surface area contributed by atoms with E-state index in [-0.39, 0.29) is 17.9 Å². The van der Waals surface area contributed by atoms with E-state index in [1.165, 1.54) is 9.80 Å². The number of piperazine rings is 1. The lowest BCUT2D eigenvalue weighted by atomic mass is 10.2. The van der Waals surface area contributed by atoms with Crippen LogP contribution in [0.1, 0.15) is 20.3 Å². The summed E-state index contributed by atoms with van der Waals surface area (Å²) >= 11 is 1.63. The Hall–Kier alpha value is -1.57. The first-order valence-corrected chi connectivity index (χ1v) is 10.7. The molecule has 1 fully saturated rings. The molecular weight excluding hydrogens is 348 g/mol. The van der Waals surface area contributed by atoms with Crippen molar-refractivity contribution in [1.29, 1.82) is 0 Å². The summed E-state index contributed by atoms with van der Waals surface area (Å²) in [6, 6.07) is 7.79. The normalized spacial score (nSPS) is 21.0. The van der Waals surface area contributed by atoms with Gasteiger partial charge >= 0.3 is 0 Å². The number of para-hydroxylation sites is 1. The summed E-state index contributed by atoms with van der Waals surface area (Å²) in [6.07, 6.45) is 2.98. The molecule has 4 N–H and O–H groups in total. The van der Waals surface area contributed by atoms with Crippen LogP contribution < -0.4 is 20.4 Å². The number of hydrogen-bond donors (Lipinski definition) is 4. The van der Waals surface area contributed by atoms with E-state index in [0.717, 1.165) is 49.7 Å². The summed E-state index contributed by atoms with van der Waals surface area (Å²) in [4.78, 5) is 28.2. The van der Waals surface area contributed by atoms with Gasteiger partial charge in [-0.2, -0.15) is 0 Å². The van der Waals surface area contributed by atoms with Crippen molar-refractivity contribution < 1.29 is 19.4 Å². The van der Waals surface area contributed by atoms with Crippen molar-refractivity contribution in [2.75, 3.05) is 50.8 Å². The molecule has 0 aromatic heterocycles. The molecule has 1 heterocycles. The molecule has 0 spiro atoms. The van der Waals surface area contributed by atoms with Crippen LogP contribution in [0.25, 0.3) is 0 Å². The van der Waals surface area contributed by atoms with Crippen LogP contribution in [0.2, 0.25) is 0 Å². The molecule has 2 amide bonds. The Morgan fingerprint density at radius 3 is 2.54 bits per heavy atom. The highest BCUT2D eigenvalue weighted by atomic mass is 32.2. The van der Waals surface area contributed by atoms with Crippen molar-refractivity contribution in [2.24, 2.45) is 0 Å². The Morgan fingerprint density at radius 2 is 1.88 bits per heavy atom. The van der Waals surface area contributed by atoms with Gasteiger partial charge in [-0.15, -0.1) is 11.8 Å². The smallest absolute Gasteiger partial charge is 0.282 e. The molecule has 144 valence electrons. The number of quaternary nitrogens is 2. The Bertz CT molecular complexity index is 603. The van der Waals surface area contributed by atoms with Crippen LogP contribution in [0, 0.1) is 0 Å². The highest BCUT2D eigenvalue weighted by Gasteiger charge is 2.31. The molecule has 1 aromatic carbocycles. The fraction of sp³-hybridized carbons (Fsp3) is 0.579. The first-order valence-electron chi connectivity index (χ1n) is 9.43. The number of nitrogens with one attached hydrogen (secondary N) is 4. The summed E-state index contributed by atoms with van der Waals surface area (Å²) in [6.45, 7) is 9.00. The molecule has 6 nitrogen and oxygen atoms in total. The van der Waals surface area contributed by atoms with Gasteiger partial charge in [0, 0.05) is 11.4 Å². The molecule has 2 rings (SSSR count). The predicted molar refractivity (Wildman–Crippen MR) is 106 cm³/mol. The number of benzene rings is 1. The molecule has 1 saturated heterocycles. The molecule has 0 unspecified atom stereocenters. The van der Waals surface area contributed by atoms with Crippen molar-refractivity contribution in [3.63, 3.8) is 0 Å². The number of carbonyl (C=O) groups excluding carboxylic acids is 2. The Labute approximate surface area is 160 Å². The third-order valence-electron chi connectivity index (χ3n) is 4.95. The zero-order valence-electron chi connectivity index (χ0n) is 16.1. The minimum atomic E-state index is -0.0969. The van der Waals surface area contributed by atoms with Crippen LogP contribution in [-0.2, 0) is 9.59 Å². The van der Waals surface area contributed by atoms with Crippen LogP contribution in [0.5, 0.6) is 0 Å². The van der Waals surface area contributed by atoms with Gasteiger partial charge in [-0.05, 0) is 31.7 Å². The van der Waals surface area contributed by atoms with Gasteiger partial charge in [0.2, 0.25) is 0 Å². The maximum atomic E-state index is 12.6. The molecule has 0 radical (unpaired) electrons. The molecule has 0 aliphatic carbocycles. The zero-order chi connectivity index (χ0) is 18.9. The van der Waals surface area contributed by atoms with E-state index in [2.05, 4.69) is 17.6 Å². The van der Waals surface area contributed by atoms with Gasteiger partial charge in [-0.3, -0.25) is 9.59 Å². The van der Waals surface area contributed by atoms with Crippen molar-refractivity contribution in [3.05, 3.63) is 24.3 Å². The Morgan fingerprint density at radius 1 is 1.19 bits per heavy atom. The molecule has 1 aliphatic rings. The van der Waals surface area contributed by atoms with E-state index in [0.29, 0.717) is 6.54 Å². The van der Waals surface area contributed by atoms with E-state index < -0.39 is 0 Å². The molecule has 0 saturated carbocycles. The number of rotatable bonds is 8. The third kappa shape index (κ3) is 6.00. The van der Waals surface area contributed by atoms with E-state index in [9.17, 15) is 9.59 Å². The fourth-order valence-corrected chi connectivity index (χ4v) is 3.82. The monoisotopic (exact) mass is 380 g/mol. The van der Waals surface area contributed by atoms with Crippen LogP contribution in [-0.4, -0.2) is 63.4 Å².